The smallest absolute Gasteiger partial charge is 0.256 e. The summed E-state index contributed by atoms with van der Waals surface area (Å²) >= 11 is 0. The fourth-order valence-corrected chi connectivity index (χ4v) is 1.78. The van der Waals surface area contributed by atoms with E-state index in [2.05, 4.69) is 15.5 Å². The molecular weight excluding hydrogens is 256 g/mol. The monoisotopic (exact) mass is 274 g/mol. The summed E-state index contributed by atoms with van der Waals surface area (Å²) in [5, 5.41) is 9.69. The average Bonchev–Trinajstić information content (AvgIpc) is 2.85. The summed E-state index contributed by atoms with van der Waals surface area (Å²) in [6.07, 6.45) is 0. The van der Waals surface area contributed by atoms with E-state index in [4.69, 9.17) is 4.74 Å². The van der Waals surface area contributed by atoms with E-state index >= 15 is 0 Å². The standard InChI is InChI=1S/C14H18N4O2/c1-18(2)9-11-8-13(17-16-11)15-14(19)10-4-6-12(20-3)7-5-10/h4-8H,9H2,1-3H3,(H2,15,16,17,19). The van der Waals surface area contributed by atoms with Crippen molar-refractivity contribution in [1.29, 1.82) is 0 Å². The van der Waals surface area contributed by atoms with Crippen molar-refractivity contribution in [2.75, 3.05) is 26.5 Å². The van der Waals surface area contributed by atoms with Crippen molar-refractivity contribution in [1.82, 2.24) is 15.1 Å². The average molecular weight is 274 g/mol. The van der Waals surface area contributed by atoms with Crippen molar-refractivity contribution < 1.29 is 9.53 Å². The number of anilines is 1. The van der Waals surface area contributed by atoms with Gasteiger partial charge in [-0.1, -0.05) is 0 Å². The van der Waals surface area contributed by atoms with Gasteiger partial charge in [-0.05, 0) is 38.4 Å². The van der Waals surface area contributed by atoms with Crippen LogP contribution in [-0.4, -0.2) is 42.2 Å². The number of aromatic nitrogens is 2. The maximum absolute atomic E-state index is 12.0. The van der Waals surface area contributed by atoms with E-state index in [1.54, 1.807) is 31.4 Å². The number of hydrogen-bond donors (Lipinski definition) is 2. The largest absolute Gasteiger partial charge is 0.497 e. The highest BCUT2D eigenvalue weighted by molar-refractivity contribution is 6.03. The van der Waals surface area contributed by atoms with Crippen LogP contribution < -0.4 is 10.1 Å². The molecule has 0 aliphatic carbocycles. The Morgan fingerprint density at radius 3 is 2.65 bits per heavy atom. The first kappa shape index (κ1) is 14.1. The number of carbonyl (C=O) groups excluding carboxylic acids is 1. The van der Waals surface area contributed by atoms with Crippen molar-refractivity contribution in [3.63, 3.8) is 0 Å². The van der Waals surface area contributed by atoms with Crippen LogP contribution in [0.15, 0.2) is 30.3 Å². The molecule has 2 rings (SSSR count). The number of rotatable bonds is 5. The molecule has 1 heterocycles. The van der Waals surface area contributed by atoms with Crippen LogP contribution in [0.4, 0.5) is 5.82 Å². The van der Waals surface area contributed by atoms with E-state index in [9.17, 15) is 4.79 Å². The van der Waals surface area contributed by atoms with E-state index in [1.807, 2.05) is 25.1 Å². The van der Waals surface area contributed by atoms with E-state index in [0.29, 0.717) is 11.4 Å². The topological polar surface area (TPSA) is 70.2 Å². The van der Waals surface area contributed by atoms with Crippen molar-refractivity contribution in [2.24, 2.45) is 0 Å². The van der Waals surface area contributed by atoms with E-state index < -0.39 is 0 Å². The second-order valence-corrected chi connectivity index (χ2v) is 4.70. The highest BCUT2D eigenvalue weighted by Crippen LogP contribution is 2.13. The van der Waals surface area contributed by atoms with E-state index in [1.165, 1.54) is 0 Å². The normalized spacial score (nSPS) is 10.6. The Hall–Kier alpha value is -2.34. The summed E-state index contributed by atoms with van der Waals surface area (Å²) in [6.45, 7) is 0.741. The molecule has 0 saturated carbocycles. The van der Waals surface area contributed by atoms with Crippen LogP contribution in [0.25, 0.3) is 0 Å². The highest BCUT2D eigenvalue weighted by Gasteiger charge is 2.09. The van der Waals surface area contributed by atoms with Gasteiger partial charge in [0, 0.05) is 18.2 Å². The Morgan fingerprint density at radius 2 is 2.05 bits per heavy atom. The highest BCUT2D eigenvalue weighted by atomic mass is 16.5. The zero-order valence-corrected chi connectivity index (χ0v) is 11.8. The summed E-state index contributed by atoms with van der Waals surface area (Å²) < 4.78 is 5.05. The first-order valence-corrected chi connectivity index (χ1v) is 6.23. The number of aromatic amines is 1. The first-order chi connectivity index (χ1) is 9.58. The number of H-pyrrole nitrogens is 1. The van der Waals surface area contributed by atoms with Gasteiger partial charge in [-0.25, -0.2) is 0 Å². The molecule has 0 atom stereocenters. The molecule has 0 fully saturated rings. The number of nitrogens with one attached hydrogen (secondary N) is 2. The van der Waals surface area contributed by atoms with Gasteiger partial charge in [0.1, 0.15) is 5.75 Å². The predicted molar refractivity (Wildman–Crippen MR) is 76.9 cm³/mol. The fraction of sp³-hybridized carbons (Fsp3) is 0.286. The molecule has 106 valence electrons. The molecule has 6 heteroatoms. The zero-order valence-electron chi connectivity index (χ0n) is 11.8. The summed E-state index contributed by atoms with van der Waals surface area (Å²) in [5.74, 6) is 1.04. The van der Waals surface area contributed by atoms with Crippen molar-refractivity contribution in [3.05, 3.63) is 41.6 Å². The van der Waals surface area contributed by atoms with E-state index in [0.717, 1.165) is 18.0 Å². The maximum Gasteiger partial charge on any atom is 0.256 e. The number of methoxy groups -OCH3 is 1. The number of amides is 1. The van der Waals surface area contributed by atoms with Crippen LogP contribution in [-0.2, 0) is 6.54 Å². The fourth-order valence-electron chi connectivity index (χ4n) is 1.78. The molecule has 0 spiro atoms. The minimum atomic E-state index is -0.199. The van der Waals surface area contributed by atoms with Gasteiger partial charge in [0.15, 0.2) is 5.82 Å². The molecule has 0 aliphatic heterocycles. The van der Waals surface area contributed by atoms with Crippen LogP contribution >= 0.6 is 0 Å². The minimum Gasteiger partial charge on any atom is -0.497 e. The second kappa shape index (κ2) is 6.21. The van der Waals surface area contributed by atoms with Gasteiger partial charge >= 0.3 is 0 Å². The molecule has 0 radical (unpaired) electrons. The number of nitrogens with zero attached hydrogens (tertiary/aromatic N) is 2. The first-order valence-electron chi connectivity index (χ1n) is 6.23. The molecule has 0 unspecified atom stereocenters. The lowest BCUT2D eigenvalue weighted by atomic mass is 10.2. The SMILES string of the molecule is COc1ccc(C(=O)Nc2cc(CN(C)C)[nH]n2)cc1. The summed E-state index contributed by atoms with van der Waals surface area (Å²) in [6, 6.07) is 8.73. The number of carbonyl (C=O) groups is 1. The predicted octanol–water partition coefficient (Wildman–Crippen LogP) is 1.73. The Balaban J connectivity index is 2.01. The van der Waals surface area contributed by atoms with Gasteiger partial charge in [0.25, 0.3) is 5.91 Å². The molecule has 0 bridgehead atoms. The lowest BCUT2D eigenvalue weighted by Crippen LogP contribution is -2.12. The van der Waals surface area contributed by atoms with Crippen molar-refractivity contribution in [3.8, 4) is 5.75 Å². The third-order valence-electron chi connectivity index (χ3n) is 2.71. The summed E-state index contributed by atoms with van der Waals surface area (Å²) in [5.41, 5.74) is 1.50. The zero-order chi connectivity index (χ0) is 14.5. The van der Waals surface area contributed by atoms with Gasteiger partial charge in [-0.15, -0.1) is 0 Å². The van der Waals surface area contributed by atoms with Crippen LogP contribution in [0.1, 0.15) is 16.1 Å². The van der Waals surface area contributed by atoms with Crippen LogP contribution in [0.5, 0.6) is 5.75 Å². The Kier molecular flexibility index (Phi) is 4.37. The van der Waals surface area contributed by atoms with Gasteiger partial charge in [-0.3, -0.25) is 9.89 Å². The van der Waals surface area contributed by atoms with Crippen LogP contribution in [0.3, 0.4) is 0 Å². The quantitative estimate of drug-likeness (QED) is 0.871. The third-order valence-corrected chi connectivity index (χ3v) is 2.71. The Labute approximate surface area is 117 Å². The molecule has 20 heavy (non-hydrogen) atoms. The minimum absolute atomic E-state index is 0.199. The van der Waals surface area contributed by atoms with Gasteiger partial charge in [0.05, 0.1) is 12.8 Å². The molecule has 1 aromatic carbocycles. The van der Waals surface area contributed by atoms with Gasteiger partial charge in [-0.2, -0.15) is 5.10 Å². The molecule has 2 aromatic rings. The van der Waals surface area contributed by atoms with Gasteiger partial charge in [0.2, 0.25) is 0 Å². The van der Waals surface area contributed by atoms with Crippen LogP contribution in [0, 0.1) is 0 Å². The van der Waals surface area contributed by atoms with Gasteiger partial charge < -0.3 is 15.0 Å². The lowest BCUT2D eigenvalue weighted by molar-refractivity contribution is 0.102. The summed E-state index contributed by atoms with van der Waals surface area (Å²) in [7, 11) is 5.53. The van der Waals surface area contributed by atoms with Crippen LogP contribution in [0.2, 0.25) is 0 Å². The van der Waals surface area contributed by atoms with Crippen molar-refractivity contribution >= 4 is 11.7 Å². The number of benzene rings is 1. The molecule has 6 nitrogen and oxygen atoms in total. The summed E-state index contributed by atoms with van der Waals surface area (Å²) in [4.78, 5) is 14.0. The second-order valence-electron chi connectivity index (χ2n) is 4.70. The van der Waals surface area contributed by atoms with E-state index in [-0.39, 0.29) is 5.91 Å². The third kappa shape index (κ3) is 3.58. The molecule has 1 aromatic heterocycles. The molecular formula is C14H18N4O2. The Morgan fingerprint density at radius 1 is 1.35 bits per heavy atom. The molecule has 1 amide bonds. The van der Waals surface area contributed by atoms with Crippen molar-refractivity contribution in [2.45, 2.75) is 6.54 Å². The molecule has 0 aliphatic rings. The number of ether oxygens (including phenoxy) is 1. The molecule has 2 N–H and O–H groups in total. The maximum atomic E-state index is 12.0. The lowest BCUT2D eigenvalue weighted by Gasteiger charge is -2.05. The number of hydrogen-bond acceptors (Lipinski definition) is 4. The Bertz CT molecular complexity index is 575. The molecule has 0 saturated heterocycles.